The largest absolute Gasteiger partial charge is 0.397 e. The fourth-order valence-corrected chi connectivity index (χ4v) is 1.50. The average molecular weight is 230 g/mol. The summed E-state index contributed by atoms with van der Waals surface area (Å²) in [7, 11) is 3.26. The Morgan fingerprint density at radius 3 is 2.69 bits per heavy atom. The maximum Gasteiger partial charge on any atom is 0.184 e. The minimum Gasteiger partial charge on any atom is -0.397 e. The van der Waals surface area contributed by atoms with Gasteiger partial charge in [0.1, 0.15) is 0 Å². The first-order valence-electron chi connectivity index (χ1n) is 5.01. The topological polar surface area (TPSA) is 38.5 Å². The van der Waals surface area contributed by atoms with Crippen molar-refractivity contribution in [3.63, 3.8) is 0 Å². The second-order valence-corrected chi connectivity index (χ2v) is 3.57. The molecule has 0 aromatic heterocycles. The molecule has 0 amide bonds. The number of methoxy groups -OCH3 is 1. The Labute approximate surface area is 93.8 Å². The summed E-state index contributed by atoms with van der Waals surface area (Å²) in [6.45, 7) is 1.12. The van der Waals surface area contributed by atoms with Crippen molar-refractivity contribution in [1.82, 2.24) is 0 Å². The van der Waals surface area contributed by atoms with Gasteiger partial charge in [-0.25, -0.2) is 8.78 Å². The van der Waals surface area contributed by atoms with Crippen molar-refractivity contribution in [3.8, 4) is 0 Å². The fourth-order valence-electron chi connectivity index (χ4n) is 1.50. The number of anilines is 2. The summed E-state index contributed by atoms with van der Waals surface area (Å²) in [4.78, 5) is 1.59. The number of nitrogens with two attached hydrogens (primary N) is 1. The van der Waals surface area contributed by atoms with Crippen LogP contribution in [0.1, 0.15) is 6.42 Å². The number of hydrogen-bond acceptors (Lipinski definition) is 3. The van der Waals surface area contributed by atoms with Gasteiger partial charge in [-0.15, -0.1) is 0 Å². The molecule has 0 spiro atoms. The average Bonchev–Trinajstić information content (AvgIpc) is 2.24. The zero-order valence-electron chi connectivity index (χ0n) is 9.46. The molecule has 0 aliphatic heterocycles. The van der Waals surface area contributed by atoms with E-state index >= 15 is 0 Å². The molecule has 0 atom stereocenters. The van der Waals surface area contributed by atoms with Gasteiger partial charge in [0.05, 0.1) is 11.4 Å². The van der Waals surface area contributed by atoms with E-state index < -0.39 is 11.6 Å². The lowest BCUT2D eigenvalue weighted by atomic mass is 10.2. The SMILES string of the molecule is COCCCN(C)c1c(N)ccc(F)c1F. The second kappa shape index (κ2) is 5.65. The first-order chi connectivity index (χ1) is 7.57. The van der Waals surface area contributed by atoms with Gasteiger partial charge in [0.15, 0.2) is 11.6 Å². The van der Waals surface area contributed by atoms with Crippen molar-refractivity contribution in [1.29, 1.82) is 0 Å². The Balaban J connectivity index is 2.81. The normalized spacial score (nSPS) is 10.5. The van der Waals surface area contributed by atoms with E-state index in [1.807, 2.05) is 0 Å². The molecule has 0 unspecified atom stereocenters. The molecule has 90 valence electrons. The molecular formula is C11H16F2N2O. The van der Waals surface area contributed by atoms with Crippen molar-refractivity contribution in [3.05, 3.63) is 23.8 Å². The lowest BCUT2D eigenvalue weighted by Crippen LogP contribution is -2.22. The Morgan fingerprint density at radius 2 is 2.06 bits per heavy atom. The molecule has 0 saturated heterocycles. The summed E-state index contributed by atoms with van der Waals surface area (Å²) in [5.74, 6) is -1.79. The van der Waals surface area contributed by atoms with Crippen LogP contribution < -0.4 is 10.6 Å². The van der Waals surface area contributed by atoms with Gasteiger partial charge in [-0.3, -0.25) is 0 Å². The van der Waals surface area contributed by atoms with E-state index in [9.17, 15) is 8.78 Å². The Kier molecular flexibility index (Phi) is 4.49. The van der Waals surface area contributed by atoms with Crippen LogP contribution in [0.4, 0.5) is 20.2 Å². The molecule has 1 rings (SSSR count). The molecule has 0 radical (unpaired) electrons. The monoisotopic (exact) mass is 230 g/mol. The summed E-state index contributed by atoms with van der Waals surface area (Å²) in [5.41, 5.74) is 5.96. The van der Waals surface area contributed by atoms with E-state index in [-0.39, 0.29) is 11.4 Å². The second-order valence-electron chi connectivity index (χ2n) is 3.57. The van der Waals surface area contributed by atoms with Crippen molar-refractivity contribution in [2.24, 2.45) is 0 Å². The molecule has 1 aromatic carbocycles. The van der Waals surface area contributed by atoms with Gasteiger partial charge in [0.2, 0.25) is 0 Å². The summed E-state index contributed by atoms with van der Waals surface area (Å²) < 4.78 is 31.4. The minimum atomic E-state index is -0.903. The number of halogens is 2. The van der Waals surface area contributed by atoms with Crippen molar-refractivity contribution in [2.45, 2.75) is 6.42 Å². The highest BCUT2D eigenvalue weighted by Gasteiger charge is 2.15. The molecule has 0 heterocycles. The van der Waals surface area contributed by atoms with E-state index in [4.69, 9.17) is 10.5 Å². The molecule has 0 aliphatic rings. The molecule has 5 heteroatoms. The van der Waals surface area contributed by atoms with Crippen LogP contribution in [0.5, 0.6) is 0 Å². The third-order valence-electron chi connectivity index (χ3n) is 2.32. The maximum absolute atomic E-state index is 13.5. The van der Waals surface area contributed by atoms with E-state index in [0.29, 0.717) is 13.2 Å². The van der Waals surface area contributed by atoms with Crippen molar-refractivity contribution in [2.75, 3.05) is 37.9 Å². The van der Waals surface area contributed by atoms with Crippen LogP contribution in [0.15, 0.2) is 12.1 Å². The van der Waals surface area contributed by atoms with Gasteiger partial charge in [0.25, 0.3) is 0 Å². The lowest BCUT2D eigenvalue weighted by molar-refractivity contribution is 0.196. The third kappa shape index (κ3) is 2.82. The standard InChI is InChI=1S/C11H16F2N2O/c1-15(6-3-7-16-2)11-9(14)5-4-8(12)10(11)13/h4-5H,3,6-7,14H2,1-2H3. The van der Waals surface area contributed by atoms with E-state index in [2.05, 4.69) is 0 Å². The molecule has 1 aromatic rings. The maximum atomic E-state index is 13.5. The van der Waals surface area contributed by atoms with E-state index in [0.717, 1.165) is 12.5 Å². The Bertz CT molecular complexity index is 358. The molecule has 0 saturated carbocycles. The van der Waals surface area contributed by atoms with Crippen LogP contribution in [0.2, 0.25) is 0 Å². The third-order valence-corrected chi connectivity index (χ3v) is 2.32. The van der Waals surface area contributed by atoms with Crippen LogP contribution >= 0.6 is 0 Å². The van der Waals surface area contributed by atoms with Crippen LogP contribution in [-0.4, -0.2) is 27.3 Å². The van der Waals surface area contributed by atoms with E-state index in [1.54, 1.807) is 19.1 Å². The summed E-state index contributed by atoms with van der Waals surface area (Å²) >= 11 is 0. The quantitative estimate of drug-likeness (QED) is 0.621. The van der Waals surface area contributed by atoms with Crippen molar-refractivity contribution >= 4 is 11.4 Å². The number of benzene rings is 1. The van der Waals surface area contributed by atoms with Crippen LogP contribution in [0, 0.1) is 11.6 Å². The molecule has 0 aliphatic carbocycles. The number of hydrogen-bond donors (Lipinski definition) is 1. The fraction of sp³-hybridized carbons (Fsp3) is 0.455. The summed E-state index contributed by atoms with van der Waals surface area (Å²) in [5, 5.41) is 0. The Morgan fingerprint density at radius 1 is 1.38 bits per heavy atom. The van der Waals surface area contributed by atoms with E-state index in [1.165, 1.54) is 6.07 Å². The Hall–Kier alpha value is -1.36. The molecular weight excluding hydrogens is 214 g/mol. The number of ether oxygens (including phenoxy) is 1. The molecule has 2 N–H and O–H groups in total. The van der Waals surface area contributed by atoms with Gasteiger partial charge in [-0.2, -0.15) is 0 Å². The van der Waals surface area contributed by atoms with Gasteiger partial charge < -0.3 is 15.4 Å². The highest BCUT2D eigenvalue weighted by atomic mass is 19.2. The van der Waals surface area contributed by atoms with Crippen LogP contribution in [0.3, 0.4) is 0 Å². The van der Waals surface area contributed by atoms with Gasteiger partial charge >= 0.3 is 0 Å². The molecule has 16 heavy (non-hydrogen) atoms. The van der Waals surface area contributed by atoms with Crippen LogP contribution in [-0.2, 0) is 4.74 Å². The van der Waals surface area contributed by atoms with Crippen LogP contribution in [0.25, 0.3) is 0 Å². The predicted octanol–water partition coefficient (Wildman–Crippen LogP) is 2.02. The molecule has 0 fully saturated rings. The number of nitrogen functional groups attached to an aromatic ring is 1. The molecule has 0 bridgehead atoms. The number of rotatable bonds is 5. The minimum absolute atomic E-state index is 0.108. The molecule has 3 nitrogen and oxygen atoms in total. The smallest absolute Gasteiger partial charge is 0.184 e. The lowest BCUT2D eigenvalue weighted by Gasteiger charge is -2.21. The summed E-state index contributed by atoms with van der Waals surface area (Å²) in [6.07, 6.45) is 0.725. The first-order valence-corrected chi connectivity index (χ1v) is 5.01. The zero-order chi connectivity index (χ0) is 12.1. The van der Waals surface area contributed by atoms with Gasteiger partial charge in [-0.05, 0) is 18.6 Å². The predicted molar refractivity (Wildman–Crippen MR) is 60.5 cm³/mol. The van der Waals surface area contributed by atoms with Crippen molar-refractivity contribution < 1.29 is 13.5 Å². The van der Waals surface area contributed by atoms with Gasteiger partial charge in [0, 0.05) is 27.3 Å². The highest BCUT2D eigenvalue weighted by Crippen LogP contribution is 2.27. The zero-order valence-corrected chi connectivity index (χ0v) is 9.46. The number of nitrogens with zero attached hydrogens (tertiary/aromatic N) is 1. The highest BCUT2D eigenvalue weighted by molar-refractivity contribution is 5.68. The first kappa shape index (κ1) is 12.7. The summed E-state index contributed by atoms with van der Waals surface area (Å²) in [6, 6.07) is 2.39. The van der Waals surface area contributed by atoms with Gasteiger partial charge in [-0.1, -0.05) is 0 Å².